The number of hydrogen-bond donors (Lipinski definition) is 2. The monoisotopic (exact) mass is 285 g/mol. The van der Waals surface area contributed by atoms with Crippen LogP contribution in [0.5, 0.6) is 5.75 Å². The van der Waals surface area contributed by atoms with Crippen LogP contribution >= 0.6 is 0 Å². The fourth-order valence-corrected chi connectivity index (χ4v) is 1.78. The third-order valence-electron chi connectivity index (χ3n) is 2.85. The van der Waals surface area contributed by atoms with Crippen LogP contribution in [0.2, 0.25) is 0 Å². The van der Waals surface area contributed by atoms with Gasteiger partial charge in [-0.3, -0.25) is 9.78 Å². The van der Waals surface area contributed by atoms with Crippen LogP contribution in [0.25, 0.3) is 0 Å². The summed E-state index contributed by atoms with van der Waals surface area (Å²) in [5.41, 5.74) is 1.74. The second kappa shape index (κ2) is 8.01. The van der Waals surface area contributed by atoms with Crippen molar-refractivity contribution in [2.45, 2.75) is 13.0 Å². The Balaban J connectivity index is 1.90. The Labute approximate surface area is 124 Å². The van der Waals surface area contributed by atoms with E-state index in [1.807, 2.05) is 43.4 Å². The van der Waals surface area contributed by atoms with E-state index in [0.717, 1.165) is 11.3 Å². The van der Waals surface area contributed by atoms with Crippen LogP contribution in [0, 0.1) is 0 Å². The maximum atomic E-state index is 11.7. The molecule has 5 heteroatoms. The van der Waals surface area contributed by atoms with Crippen molar-refractivity contribution < 1.29 is 9.53 Å². The molecule has 110 valence electrons. The van der Waals surface area contributed by atoms with Crippen molar-refractivity contribution in [2.24, 2.45) is 0 Å². The van der Waals surface area contributed by atoms with E-state index in [0.29, 0.717) is 25.3 Å². The van der Waals surface area contributed by atoms with Gasteiger partial charge < -0.3 is 15.4 Å². The summed E-state index contributed by atoms with van der Waals surface area (Å²) < 4.78 is 5.69. The molecule has 1 aromatic carbocycles. The number of carbonyl (C=O) groups is 1. The first-order chi connectivity index (χ1) is 10.3. The molecular weight excluding hydrogens is 266 g/mol. The molecule has 1 heterocycles. The molecule has 1 aromatic heterocycles. The Kier molecular flexibility index (Phi) is 5.72. The molecule has 0 unspecified atom stereocenters. The van der Waals surface area contributed by atoms with Gasteiger partial charge in [-0.15, -0.1) is 0 Å². The standard InChI is InChI=1S/C16H19N3O2/c1-17-9-7-16(20)19-14-5-2-6-15(10-14)21-12-13-4-3-8-18-11-13/h2-6,8,10-11,17H,7,9,12H2,1H3,(H,19,20). The van der Waals surface area contributed by atoms with Gasteiger partial charge in [0.1, 0.15) is 12.4 Å². The highest BCUT2D eigenvalue weighted by Crippen LogP contribution is 2.18. The van der Waals surface area contributed by atoms with Gasteiger partial charge in [0.15, 0.2) is 0 Å². The van der Waals surface area contributed by atoms with E-state index in [1.165, 1.54) is 0 Å². The van der Waals surface area contributed by atoms with Gasteiger partial charge in [-0.2, -0.15) is 0 Å². The minimum atomic E-state index is -0.0197. The van der Waals surface area contributed by atoms with Crippen molar-refractivity contribution in [2.75, 3.05) is 18.9 Å². The first kappa shape index (κ1) is 15.0. The van der Waals surface area contributed by atoms with Crippen molar-refractivity contribution in [3.05, 3.63) is 54.4 Å². The molecule has 0 saturated heterocycles. The van der Waals surface area contributed by atoms with Crippen molar-refractivity contribution in [1.29, 1.82) is 0 Å². The molecule has 21 heavy (non-hydrogen) atoms. The number of amides is 1. The second-order valence-electron chi connectivity index (χ2n) is 4.58. The number of benzene rings is 1. The van der Waals surface area contributed by atoms with Gasteiger partial charge >= 0.3 is 0 Å². The van der Waals surface area contributed by atoms with Gasteiger partial charge in [-0.05, 0) is 25.2 Å². The summed E-state index contributed by atoms with van der Waals surface area (Å²) in [6, 6.07) is 11.2. The minimum absolute atomic E-state index is 0.0197. The molecule has 2 N–H and O–H groups in total. The fourth-order valence-electron chi connectivity index (χ4n) is 1.78. The summed E-state index contributed by atoms with van der Waals surface area (Å²) in [7, 11) is 1.82. The highest BCUT2D eigenvalue weighted by Gasteiger charge is 2.03. The predicted molar refractivity (Wildman–Crippen MR) is 82.2 cm³/mol. The van der Waals surface area contributed by atoms with Crippen LogP contribution < -0.4 is 15.4 Å². The molecule has 1 amide bonds. The molecule has 0 atom stereocenters. The molecule has 0 fully saturated rings. The summed E-state index contributed by atoms with van der Waals surface area (Å²) >= 11 is 0. The number of carbonyl (C=O) groups excluding carboxylic acids is 1. The van der Waals surface area contributed by atoms with Gasteiger partial charge in [-0.1, -0.05) is 12.1 Å². The Hall–Kier alpha value is -2.40. The molecule has 2 aromatic rings. The molecule has 5 nitrogen and oxygen atoms in total. The average molecular weight is 285 g/mol. The minimum Gasteiger partial charge on any atom is -0.489 e. The number of anilines is 1. The van der Waals surface area contributed by atoms with Gasteiger partial charge in [0.05, 0.1) is 0 Å². The lowest BCUT2D eigenvalue weighted by Crippen LogP contribution is -2.18. The average Bonchev–Trinajstić information content (AvgIpc) is 2.52. The van der Waals surface area contributed by atoms with Crippen LogP contribution in [0.4, 0.5) is 5.69 Å². The number of aromatic nitrogens is 1. The van der Waals surface area contributed by atoms with Crippen molar-refractivity contribution in [3.8, 4) is 5.75 Å². The number of hydrogen-bond acceptors (Lipinski definition) is 4. The van der Waals surface area contributed by atoms with Crippen LogP contribution in [0.15, 0.2) is 48.8 Å². The Morgan fingerprint density at radius 1 is 1.29 bits per heavy atom. The maximum absolute atomic E-state index is 11.7. The number of pyridine rings is 1. The summed E-state index contributed by atoms with van der Waals surface area (Å²) in [5.74, 6) is 0.694. The van der Waals surface area contributed by atoms with E-state index in [1.54, 1.807) is 12.4 Å². The van der Waals surface area contributed by atoms with Crippen molar-refractivity contribution in [3.63, 3.8) is 0 Å². The van der Waals surface area contributed by atoms with E-state index in [9.17, 15) is 4.79 Å². The smallest absolute Gasteiger partial charge is 0.225 e. The number of nitrogens with one attached hydrogen (secondary N) is 2. The summed E-state index contributed by atoms with van der Waals surface area (Å²) in [6.45, 7) is 1.11. The van der Waals surface area contributed by atoms with E-state index in [2.05, 4.69) is 15.6 Å². The van der Waals surface area contributed by atoms with Gasteiger partial charge in [0.2, 0.25) is 5.91 Å². The van der Waals surface area contributed by atoms with Gasteiger partial charge in [0.25, 0.3) is 0 Å². The van der Waals surface area contributed by atoms with Crippen molar-refractivity contribution >= 4 is 11.6 Å². The molecule has 0 aliphatic rings. The van der Waals surface area contributed by atoms with Gasteiger partial charge in [-0.25, -0.2) is 0 Å². The normalized spacial score (nSPS) is 10.1. The van der Waals surface area contributed by atoms with E-state index < -0.39 is 0 Å². The molecule has 0 aliphatic heterocycles. The van der Waals surface area contributed by atoms with Crippen LogP contribution in [0.3, 0.4) is 0 Å². The third-order valence-corrected chi connectivity index (χ3v) is 2.85. The molecule has 0 bridgehead atoms. The number of nitrogens with zero attached hydrogens (tertiary/aromatic N) is 1. The molecule has 2 rings (SSSR count). The summed E-state index contributed by atoms with van der Waals surface area (Å²) in [4.78, 5) is 15.7. The molecule has 0 radical (unpaired) electrons. The largest absolute Gasteiger partial charge is 0.489 e. The number of ether oxygens (including phenoxy) is 1. The van der Waals surface area contributed by atoms with E-state index >= 15 is 0 Å². The SMILES string of the molecule is CNCCC(=O)Nc1cccc(OCc2cccnc2)c1. The Bertz CT molecular complexity index is 573. The lowest BCUT2D eigenvalue weighted by atomic mass is 10.2. The van der Waals surface area contributed by atoms with Crippen LogP contribution in [-0.4, -0.2) is 24.5 Å². The third kappa shape index (κ3) is 5.24. The first-order valence-corrected chi connectivity index (χ1v) is 6.84. The topological polar surface area (TPSA) is 63.2 Å². The summed E-state index contributed by atoms with van der Waals surface area (Å²) in [5, 5.41) is 5.79. The lowest BCUT2D eigenvalue weighted by Gasteiger charge is -2.09. The van der Waals surface area contributed by atoms with E-state index in [-0.39, 0.29) is 5.91 Å². The zero-order chi connectivity index (χ0) is 14.9. The van der Waals surface area contributed by atoms with E-state index in [4.69, 9.17) is 4.74 Å². The van der Waals surface area contributed by atoms with Gasteiger partial charge in [0, 0.05) is 42.7 Å². The first-order valence-electron chi connectivity index (χ1n) is 6.84. The molecular formula is C16H19N3O2. The lowest BCUT2D eigenvalue weighted by molar-refractivity contribution is -0.116. The maximum Gasteiger partial charge on any atom is 0.225 e. The van der Waals surface area contributed by atoms with Crippen LogP contribution in [-0.2, 0) is 11.4 Å². The highest BCUT2D eigenvalue weighted by molar-refractivity contribution is 5.90. The molecule has 0 aliphatic carbocycles. The van der Waals surface area contributed by atoms with Crippen molar-refractivity contribution in [1.82, 2.24) is 10.3 Å². The Morgan fingerprint density at radius 2 is 2.19 bits per heavy atom. The summed E-state index contributed by atoms with van der Waals surface area (Å²) in [6.07, 6.45) is 3.94. The molecule has 0 saturated carbocycles. The molecule has 0 spiro atoms. The zero-order valence-corrected chi connectivity index (χ0v) is 12.0. The van der Waals surface area contributed by atoms with Crippen LogP contribution in [0.1, 0.15) is 12.0 Å². The Morgan fingerprint density at radius 3 is 2.95 bits per heavy atom. The quantitative estimate of drug-likeness (QED) is 0.818. The fraction of sp³-hybridized carbons (Fsp3) is 0.250. The zero-order valence-electron chi connectivity index (χ0n) is 12.0. The number of rotatable bonds is 7. The second-order valence-corrected chi connectivity index (χ2v) is 4.58. The highest BCUT2D eigenvalue weighted by atomic mass is 16.5. The predicted octanol–water partition coefficient (Wildman–Crippen LogP) is 2.21.